The highest BCUT2D eigenvalue weighted by Crippen LogP contribution is 2.25. The van der Waals surface area contributed by atoms with Gasteiger partial charge >= 0.3 is 12.1 Å². The molecule has 1 fully saturated rings. The molecule has 1 atom stereocenters. The van der Waals surface area contributed by atoms with Crippen LogP contribution in [0.15, 0.2) is 41.3 Å². The molecule has 15 heteroatoms. The van der Waals surface area contributed by atoms with E-state index in [1.165, 1.54) is 6.92 Å². The van der Waals surface area contributed by atoms with Gasteiger partial charge in [-0.1, -0.05) is 12.1 Å². The number of hydroxylamine groups is 1. The van der Waals surface area contributed by atoms with Gasteiger partial charge in [0, 0.05) is 30.6 Å². The van der Waals surface area contributed by atoms with Crippen molar-refractivity contribution in [3.05, 3.63) is 52.7 Å². The van der Waals surface area contributed by atoms with Crippen LogP contribution < -0.4 is 15.8 Å². The number of halogens is 4. The summed E-state index contributed by atoms with van der Waals surface area (Å²) in [6.45, 7) is 2.28. The van der Waals surface area contributed by atoms with E-state index in [-0.39, 0.29) is 24.6 Å². The molecule has 2 aromatic rings. The Bertz CT molecular complexity index is 1230. The van der Waals surface area contributed by atoms with Crippen LogP contribution in [-0.2, 0) is 25.9 Å². The smallest absolute Gasteiger partial charge is 0.486 e. The number of hydrogen-bond donors (Lipinski definition) is 3. The average molecular weight is 540 g/mol. The number of carboxylic acids is 1. The van der Waals surface area contributed by atoms with Gasteiger partial charge in [-0.2, -0.15) is 18.7 Å². The van der Waals surface area contributed by atoms with Crippen LogP contribution in [0.3, 0.4) is 0 Å². The summed E-state index contributed by atoms with van der Waals surface area (Å²) in [6.07, 6.45) is -3.19. The van der Waals surface area contributed by atoms with Crippen LogP contribution in [0.2, 0.25) is 0 Å². The molecule has 200 valence electrons. The maximum absolute atomic E-state index is 14.6. The fraction of sp³-hybridized carbons (Fsp3) is 0.429. The van der Waals surface area contributed by atoms with Crippen LogP contribution >= 0.6 is 0 Å². The molecule has 0 spiro atoms. The van der Waals surface area contributed by atoms with Gasteiger partial charge in [0.1, 0.15) is 22.5 Å². The topological polar surface area (TPSA) is 144 Å². The minimum Gasteiger partial charge on any atom is -0.486 e. The molecule has 1 aromatic heterocycles. The van der Waals surface area contributed by atoms with Crippen LogP contribution in [0.4, 0.5) is 17.6 Å². The lowest BCUT2D eigenvalue weighted by Crippen LogP contribution is -2.48. The fourth-order valence-electron chi connectivity index (χ4n) is 2.79. The molecule has 1 aliphatic rings. The van der Waals surface area contributed by atoms with Gasteiger partial charge in [0.15, 0.2) is 9.84 Å². The molecule has 1 aromatic carbocycles. The van der Waals surface area contributed by atoms with Gasteiger partial charge in [-0.3, -0.25) is 4.79 Å². The highest BCUT2D eigenvalue weighted by Gasteiger charge is 2.38. The van der Waals surface area contributed by atoms with E-state index in [1.54, 1.807) is 29.7 Å². The molecule has 0 aliphatic carbocycles. The zero-order valence-corrected chi connectivity index (χ0v) is 19.9. The lowest BCUT2D eigenvalue weighted by Gasteiger charge is -2.26. The highest BCUT2D eigenvalue weighted by molar-refractivity contribution is 7.92. The summed E-state index contributed by atoms with van der Waals surface area (Å²) in [5.41, 5.74) is 1.94. The second-order valence-electron chi connectivity index (χ2n) is 8.04. The Morgan fingerprint density at radius 2 is 1.81 bits per heavy atom. The summed E-state index contributed by atoms with van der Waals surface area (Å²) in [5, 5.41) is 16.3. The number of aromatic nitrogens is 1. The van der Waals surface area contributed by atoms with E-state index in [4.69, 9.17) is 19.4 Å². The van der Waals surface area contributed by atoms with Gasteiger partial charge in [0.2, 0.25) is 0 Å². The molecule has 0 amide bonds. The standard InChI is InChI=1S/C19H23FN2O6S.C2HF3O2/c1-19(21-24,29(2,25)26)7-8-22-10-17(20)16(9-18(22)23)13-3-5-14(6-4-13)28-15-11-27-12-15;3-2(4,5)1(6)7/h3-6,9-10,15,21,24H,7-8,11-12H2,1-2H3;(H,6,7)/t19-;/m1./s1. The first-order chi connectivity index (χ1) is 16.6. The lowest BCUT2D eigenvalue weighted by atomic mass is 10.1. The summed E-state index contributed by atoms with van der Waals surface area (Å²) >= 11 is 0. The van der Waals surface area contributed by atoms with E-state index in [1.807, 2.05) is 0 Å². The molecule has 3 N–H and O–H groups in total. The van der Waals surface area contributed by atoms with Crippen LogP contribution in [0.5, 0.6) is 5.75 Å². The van der Waals surface area contributed by atoms with Crippen LogP contribution in [0.1, 0.15) is 13.3 Å². The van der Waals surface area contributed by atoms with Gasteiger partial charge in [0.25, 0.3) is 5.56 Å². The lowest BCUT2D eigenvalue weighted by molar-refractivity contribution is -0.192. The molecule has 1 aliphatic heterocycles. The van der Waals surface area contributed by atoms with Crippen LogP contribution in [-0.4, -0.2) is 65.9 Å². The average Bonchev–Trinajstić information content (AvgIpc) is 2.75. The van der Waals surface area contributed by atoms with Crippen molar-refractivity contribution in [2.24, 2.45) is 0 Å². The molecule has 0 unspecified atom stereocenters. The summed E-state index contributed by atoms with van der Waals surface area (Å²) in [5.74, 6) is -2.75. The summed E-state index contributed by atoms with van der Waals surface area (Å²) < 4.78 is 81.8. The Morgan fingerprint density at radius 3 is 2.22 bits per heavy atom. The van der Waals surface area contributed by atoms with Gasteiger partial charge < -0.3 is 24.4 Å². The molecule has 36 heavy (non-hydrogen) atoms. The number of nitrogens with one attached hydrogen (secondary N) is 1. The first kappa shape index (κ1) is 29.2. The summed E-state index contributed by atoms with van der Waals surface area (Å²) in [6, 6.07) is 7.88. The number of nitrogens with zero attached hydrogens (tertiary/aromatic N) is 1. The van der Waals surface area contributed by atoms with E-state index in [0.717, 1.165) is 23.1 Å². The maximum Gasteiger partial charge on any atom is 0.490 e. The summed E-state index contributed by atoms with van der Waals surface area (Å²) in [7, 11) is -3.66. The van der Waals surface area contributed by atoms with Crippen LogP contribution in [0.25, 0.3) is 11.1 Å². The first-order valence-electron chi connectivity index (χ1n) is 10.2. The van der Waals surface area contributed by atoms with E-state index < -0.39 is 38.2 Å². The van der Waals surface area contributed by atoms with Crippen molar-refractivity contribution in [1.29, 1.82) is 0 Å². The van der Waals surface area contributed by atoms with E-state index in [2.05, 4.69) is 0 Å². The van der Waals surface area contributed by atoms with Crippen molar-refractivity contribution in [2.45, 2.75) is 37.0 Å². The Kier molecular flexibility index (Phi) is 9.23. The number of pyridine rings is 1. The second-order valence-corrected chi connectivity index (χ2v) is 10.5. The molecule has 3 rings (SSSR count). The third kappa shape index (κ3) is 7.49. The third-order valence-corrected chi connectivity index (χ3v) is 7.21. The van der Waals surface area contributed by atoms with Crippen molar-refractivity contribution in [3.63, 3.8) is 0 Å². The largest absolute Gasteiger partial charge is 0.490 e. The highest BCUT2D eigenvalue weighted by atomic mass is 32.2. The Hall–Kier alpha value is -3.01. The molecule has 2 heterocycles. The number of alkyl halides is 3. The number of aryl methyl sites for hydroxylation is 1. The molecule has 0 radical (unpaired) electrons. The van der Waals surface area contributed by atoms with E-state index >= 15 is 0 Å². The fourth-order valence-corrected chi connectivity index (χ4v) is 3.41. The number of aliphatic carboxylic acids is 1. The van der Waals surface area contributed by atoms with E-state index in [0.29, 0.717) is 24.5 Å². The zero-order valence-electron chi connectivity index (χ0n) is 19.1. The predicted octanol–water partition coefficient (Wildman–Crippen LogP) is 2.19. The number of benzene rings is 1. The number of sulfone groups is 1. The quantitative estimate of drug-likeness (QED) is 0.339. The van der Waals surface area contributed by atoms with Crippen LogP contribution in [0, 0.1) is 5.82 Å². The molecule has 0 saturated carbocycles. The summed E-state index contributed by atoms with van der Waals surface area (Å²) in [4.78, 5) is 19.7. The Morgan fingerprint density at radius 1 is 1.25 bits per heavy atom. The predicted molar refractivity (Wildman–Crippen MR) is 118 cm³/mol. The Labute approximate surface area is 202 Å². The number of hydrogen-bond acceptors (Lipinski definition) is 8. The van der Waals surface area contributed by atoms with Gasteiger partial charge in [-0.05, 0) is 31.0 Å². The first-order valence-corrected chi connectivity index (χ1v) is 12.1. The van der Waals surface area contributed by atoms with Gasteiger partial charge in [0.05, 0.1) is 13.2 Å². The Balaban J connectivity index is 0.000000572. The maximum atomic E-state index is 14.6. The van der Waals surface area contributed by atoms with Crippen molar-refractivity contribution >= 4 is 15.8 Å². The monoisotopic (exact) mass is 540 g/mol. The van der Waals surface area contributed by atoms with Gasteiger partial charge in [-0.15, -0.1) is 0 Å². The molecular formula is C21H24F4N2O8S. The second kappa shape index (κ2) is 11.4. The third-order valence-electron chi connectivity index (χ3n) is 5.28. The zero-order chi connectivity index (χ0) is 27.3. The van der Waals surface area contributed by atoms with Crippen molar-refractivity contribution in [1.82, 2.24) is 10.0 Å². The molecular weight excluding hydrogens is 516 g/mol. The minimum atomic E-state index is -5.08. The molecule has 10 nitrogen and oxygen atoms in total. The molecule has 0 bridgehead atoms. The molecule has 1 saturated heterocycles. The minimum absolute atomic E-state index is 0.0209. The number of ether oxygens (including phenoxy) is 2. The van der Waals surface area contributed by atoms with Crippen molar-refractivity contribution < 1.29 is 50.6 Å². The van der Waals surface area contributed by atoms with E-state index in [9.17, 15) is 36.0 Å². The van der Waals surface area contributed by atoms with Crippen molar-refractivity contribution in [2.75, 3.05) is 19.5 Å². The number of rotatable bonds is 8. The number of carboxylic acid groups (broad SMARTS) is 1. The normalized spacial score (nSPS) is 15.8. The van der Waals surface area contributed by atoms with Gasteiger partial charge in [-0.25, -0.2) is 17.6 Å². The van der Waals surface area contributed by atoms with Crippen molar-refractivity contribution in [3.8, 4) is 16.9 Å². The number of carbonyl (C=O) groups is 1. The SMILES string of the molecule is C[C@@](CCn1cc(F)c(-c2ccc(OC3COC3)cc2)cc1=O)(NO)S(C)(=O)=O.O=C(O)C(F)(F)F.